The van der Waals surface area contributed by atoms with Crippen molar-refractivity contribution in [1.29, 1.82) is 0 Å². The van der Waals surface area contributed by atoms with Crippen LogP contribution in [0.2, 0.25) is 0 Å². The number of amides is 1. The zero-order valence-electron chi connectivity index (χ0n) is 10.4. The van der Waals surface area contributed by atoms with Crippen LogP contribution in [0.3, 0.4) is 0 Å². The molecule has 0 aromatic heterocycles. The Morgan fingerprint density at radius 2 is 2.00 bits per heavy atom. The summed E-state index contributed by atoms with van der Waals surface area (Å²) >= 11 is 0. The fourth-order valence-corrected chi connectivity index (χ4v) is 2.18. The van der Waals surface area contributed by atoms with Crippen molar-refractivity contribution >= 4 is 5.91 Å². The number of hydrogen-bond acceptors (Lipinski definition) is 3. The van der Waals surface area contributed by atoms with Gasteiger partial charge in [0.15, 0.2) is 0 Å². The van der Waals surface area contributed by atoms with Gasteiger partial charge in [-0.2, -0.15) is 0 Å². The third-order valence-corrected chi connectivity index (χ3v) is 3.23. The summed E-state index contributed by atoms with van der Waals surface area (Å²) in [5.41, 5.74) is 5.88. The fourth-order valence-electron chi connectivity index (χ4n) is 2.18. The number of carbonyl (C=O) groups is 1. The summed E-state index contributed by atoms with van der Waals surface area (Å²) in [7, 11) is 0. The summed E-state index contributed by atoms with van der Waals surface area (Å²) in [5.74, 6) is 0.893. The van der Waals surface area contributed by atoms with E-state index >= 15 is 0 Å². The minimum Gasteiger partial charge on any atom is -0.396 e. The van der Waals surface area contributed by atoms with E-state index in [1.165, 1.54) is 0 Å². The topological polar surface area (TPSA) is 66.6 Å². The fraction of sp³-hybridized carbons (Fsp3) is 0.917. The van der Waals surface area contributed by atoms with Gasteiger partial charge in [-0.25, -0.2) is 0 Å². The van der Waals surface area contributed by atoms with E-state index in [0.717, 1.165) is 32.4 Å². The summed E-state index contributed by atoms with van der Waals surface area (Å²) in [6.45, 7) is 5.88. The Kier molecular flexibility index (Phi) is 5.22. The molecule has 1 atom stereocenters. The number of hydrogen-bond donors (Lipinski definition) is 2. The Bertz CT molecular complexity index is 223. The first-order valence-corrected chi connectivity index (χ1v) is 6.19. The number of carbonyl (C=O) groups excluding carboxylic acids is 1. The van der Waals surface area contributed by atoms with Gasteiger partial charge in [-0.3, -0.25) is 4.79 Å². The lowest BCUT2D eigenvalue weighted by Gasteiger charge is -2.33. The first-order valence-electron chi connectivity index (χ1n) is 6.19. The molecule has 1 aliphatic heterocycles. The first-order chi connectivity index (χ1) is 7.54. The Morgan fingerprint density at radius 1 is 1.44 bits per heavy atom. The minimum absolute atomic E-state index is 0.0742. The van der Waals surface area contributed by atoms with E-state index < -0.39 is 0 Å². The molecule has 4 heteroatoms. The number of aliphatic hydroxyl groups is 1. The minimum atomic E-state index is -0.356. The van der Waals surface area contributed by atoms with Crippen molar-refractivity contribution < 1.29 is 9.90 Å². The van der Waals surface area contributed by atoms with Gasteiger partial charge in [-0.1, -0.05) is 13.8 Å². The van der Waals surface area contributed by atoms with Crippen LogP contribution in [-0.2, 0) is 4.79 Å². The first kappa shape index (κ1) is 13.5. The smallest absolute Gasteiger partial charge is 0.239 e. The lowest BCUT2D eigenvalue weighted by molar-refractivity contribution is -0.134. The van der Waals surface area contributed by atoms with Crippen molar-refractivity contribution in [2.75, 3.05) is 19.7 Å². The second-order valence-electron chi connectivity index (χ2n) is 5.19. The largest absolute Gasteiger partial charge is 0.396 e. The van der Waals surface area contributed by atoms with Crippen LogP contribution in [-0.4, -0.2) is 41.7 Å². The molecule has 4 nitrogen and oxygen atoms in total. The highest BCUT2D eigenvalue weighted by Gasteiger charge is 2.26. The van der Waals surface area contributed by atoms with Gasteiger partial charge in [0, 0.05) is 19.7 Å². The molecule has 94 valence electrons. The average molecular weight is 228 g/mol. The Balaban J connectivity index is 2.38. The molecule has 0 spiro atoms. The summed E-state index contributed by atoms with van der Waals surface area (Å²) in [5, 5.41) is 9.02. The second kappa shape index (κ2) is 6.21. The molecule has 1 fully saturated rings. The van der Waals surface area contributed by atoms with Gasteiger partial charge in [-0.05, 0) is 31.1 Å². The zero-order valence-corrected chi connectivity index (χ0v) is 10.4. The molecule has 1 saturated heterocycles. The van der Waals surface area contributed by atoms with Crippen molar-refractivity contribution in [1.82, 2.24) is 4.90 Å². The van der Waals surface area contributed by atoms with E-state index in [0.29, 0.717) is 11.8 Å². The average Bonchev–Trinajstić information content (AvgIpc) is 2.27. The highest BCUT2D eigenvalue weighted by Crippen LogP contribution is 2.17. The standard InChI is InChI=1S/C12H24N2O2/c1-9(2)7-11(13)12(16)14-5-3-10(8-15)4-6-14/h9-11,15H,3-8,13H2,1-2H3/t11-/m1/s1. The quantitative estimate of drug-likeness (QED) is 0.740. The summed E-state index contributed by atoms with van der Waals surface area (Å²) in [6, 6.07) is -0.356. The number of nitrogens with zero attached hydrogens (tertiary/aromatic N) is 1. The van der Waals surface area contributed by atoms with Crippen molar-refractivity contribution in [2.24, 2.45) is 17.6 Å². The number of piperidine rings is 1. The molecule has 1 amide bonds. The highest BCUT2D eigenvalue weighted by atomic mass is 16.3. The van der Waals surface area contributed by atoms with Gasteiger partial charge < -0.3 is 15.7 Å². The van der Waals surface area contributed by atoms with Gasteiger partial charge in [0.1, 0.15) is 0 Å². The van der Waals surface area contributed by atoms with Crippen molar-refractivity contribution in [3.05, 3.63) is 0 Å². The molecule has 0 aromatic rings. The normalized spacial score (nSPS) is 20.2. The molecule has 3 N–H and O–H groups in total. The highest BCUT2D eigenvalue weighted by molar-refractivity contribution is 5.81. The van der Waals surface area contributed by atoms with E-state index in [-0.39, 0.29) is 18.6 Å². The number of nitrogens with two attached hydrogens (primary N) is 1. The molecule has 1 heterocycles. The lowest BCUT2D eigenvalue weighted by atomic mass is 9.96. The van der Waals surface area contributed by atoms with E-state index in [1.54, 1.807) is 0 Å². The third kappa shape index (κ3) is 3.76. The molecular formula is C12H24N2O2. The maximum atomic E-state index is 12.0. The SMILES string of the molecule is CC(C)C[C@@H](N)C(=O)N1CCC(CO)CC1. The Hall–Kier alpha value is -0.610. The predicted molar refractivity (Wildman–Crippen MR) is 63.8 cm³/mol. The number of aliphatic hydroxyl groups excluding tert-OH is 1. The van der Waals surface area contributed by atoms with Gasteiger partial charge >= 0.3 is 0 Å². The van der Waals surface area contributed by atoms with Crippen LogP contribution in [0.5, 0.6) is 0 Å². The molecule has 16 heavy (non-hydrogen) atoms. The van der Waals surface area contributed by atoms with Crippen molar-refractivity contribution in [2.45, 2.75) is 39.2 Å². The molecule has 0 aromatic carbocycles. The van der Waals surface area contributed by atoms with Crippen LogP contribution in [0, 0.1) is 11.8 Å². The van der Waals surface area contributed by atoms with E-state index in [4.69, 9.17) is 10.8 Å². The summed E-state index contributed by atoms with van der Waals surface area (Å²) < 4.78 is 0. The van der Waals surface area contributed by atoms with Gasteiger partial charge in [-0.15, -0.1) is 0 Å². The molecule has 1 aliphatic rings. The van der Waals surface area contributed by atoms with E-state index in [2.05, 4.69) is 13.8 Å². The molecule has 0 bridgehead atoms. The lowest BCUT2D eigenvalue weighted by Crippen LogP contribution is -2.47. The maximum absolute atomic E-state index is 12.0. The predicted octanol–water partition coefficient (Wildman–Crippen LogP) is 0.591. The van der Waals surface area contributed by atoms with Crippen LogP contribution < -0.4 is 5.73 Å². The molecule has 0 aliphatic carbocycles. The molecule has 0 unspecified atom stereocenters. The van der Waals surface area contributed by atoms with Gasteiger partial charge in [0.25, 0.3) is 0 Å². The molecule has 0 radical (unpaired) electrons. The number of likely N-dealkylation sites (tertiary alicyclic amines) is 1. The Morgan fingerprint density at radius 3 is 2.44 bits per heavy atom. The second-order valence-corrected chi connectivity index (χ2v) is 5.19. The maximum Gasteiger partial charge on any atom is 0.239 e. The van der Waals surface area contributed by atoms with Crippen molar-refractivity contribution in [3.63, 3.8) is 0 Å². The summed E-state index contributed by atoms with van der Waals surface area (Å²) in [6.07, 6.45) is 2.55. The van der Waals surface area contributed by atoms with Gasteiger partial charge in [0.05, 0.1) is 6.04 Å². The number of rotatable bonds is 4. The summed E-state index contributed by atoms with van der Waals surface area (Å²) in [4.78, 5) is 13.8. The molecule has 1 rings (SSSR count). The Labute approximate surface area is 97.8 Å². The monoisotopic (exact) mass is 228 g/mol. The van der Waals surface area contributed by atoms with E-state index in [1.807, 2.05) is 4.90 Å². The third-order valence-electron chi connectivity index (χ3n) is 3.23. The molecule has 0 saturated carbocycles. The zero-order chi connectivity index (χ0) is 12.1. The van der Waals surface area contributed by atoms with Crippen molar-refractivity contribution in [3.8, 4) is 0 Å². The van der Waals surface area contributed by atoms with Crippen LogP contribution in [0.1, 0.15) is 33.1 Å². The van der Waals surface area contributed by atoms with Crippen LogP contribution >= 0.6 is 0 Å². The van der Waals surface area contributed by atoms with Gasteiger partial charge in [0.2, 0.25) is 5.91 Å². The van der Waals surface area contributed by atoms with Crippen LogP contribution in [0.4, 0.5) is 0 Å². The van der Waals surface area contributed by atoms with E-state index in [9.17, 15) is 4.79 Å². The molecular weight excluding hydrogens is 204 g/mol. The van der Waals surface area contributed by atoms with Crippen LogP contribution in [0.15, 0.2) is 0 Å². The van der Waals surface area contributed by atoms with Crippen LogP contribution in [0.25, 0.3) is 0 Å².